The first-order chi connectivity index (χ1) is 11.2. The number of ether oxygens (including phenoxy) is 2. The van der Waals surface area contributed by atoms with E-state index in [9.17, 15) is 9.59 Å². The smallest absolute Gasteiger partial charge is 0.326 e. The Balaban J connectivity index is 1.65. The lowest BCUT2D eigenvalue weighted by atomic mass is 10.2. The molecule has 0 radical (unpaired) electrons. The standard InChI is InChI=1S/C17H12N2O4/c1-2-11-4-3-5-13(8-11)18-17(21)19-16(20)12-6-7-14-15(9-12)23-10-22-14/h1,3-9H,10H2,(H2,18,19,20,21). The van der Waals surface area contributed by atoms with Crippen molar-refractivity contribution in [1.29, 1.82) is 0 Å². The molecule has 114 valence electrons. The largest absolute Gasteiger partial charge is 0.454 e. The maximum absolute atomic E-state index is 12.1. The van der Waals surface area contributed by atoms with Crippen LogP contribution >= 0.6 is 0 Å². The number of carbonyl (C=O) groups is 2. The topological polar surface area (TPSA) is 76.7 Å². The summed E-state index contributed by atoms with van der Waals surface area (Å²) in [5.41, 5.74) is 1.42. The van der Waals surface area contributed by atoms with Crippen LogP contribution in [0.4, 0.5) is 10.5 Å². The Morgan fingerprint density at radius 3 is 2.74 bits per heavy atom. The van der Waals surface area contributed by atoms with Gasteiger partial charge in [0.05, 0.1) is 0 Å². The number of fused-ring (bicyclic) bond motifs is 1. The monoisotopic (exact) mass is 308 g/mol. The first kappa shape index (κ1) is 14.5. The van der Waals surface area contributed by atoms with E-state index in [1.165, 1.54) is 6.07 Å². The third kappa shape index (κ3) is 3.24. The van der Waals surface area contributed by atoms with Crippen molar-refractivity contribution >= 4 is 17.6 Å². The molecule has 0 spiro atoms. The van der Waals surface area contributed by atoms with Crippen molar-refractivity contribution in [2.45, 2.75) is 0 Å². The summed E-state index contributed by atoms with van der Waals surface area (Å²) in [6, 6.07) is 10.8. The first-order valence-electron chi connectivity index (χ1n) is 6.74. The number of amides is 3. The van der Waals surface area contributed by atoms with Gasteiger partial charge in [0.25, 0.3) is 5.91 Å². The van der Waals surface area contributed by atoms with E-state index in [1.807, 2.05) is 0 Å². The fourth-order valence-corrected chi connectivity index (χ4v) is 2.06. The third-order valence-corrected chi connectivity index (χ3v) is 3.15. The summed E-state index contributed by atoms with van der Waals surface area (Å²) in [7, 11) is 0. The molecule has 6 nitrogen and oxygen atoms in total. The highest BCUT2D eigenvalue weighted by Crippen LogP contribution is 2.32. The van der Waals surface area contributed by atoms with Gasteiger partial charge in [-0.15, -0.1) is 6.42 Å². The molecule has 0 saturated heterocycles. The number of imide groups is 1. The molecule has 0 atom stereocenters. The molecule has 0 aliphatic carbocycles. The minimum absolute atomic E-state index is 0.117. The SMILES string of the molecule is C#Cc1cccc(NC(=O)NC(=O)c2ccc3c(c2)OCO3)c1. The number of urea groups is 1. The van der Waals surface area contributed by atoms with Crippen LogP contribution in [0.15, 0.2) is 42.5 Å². The maximum atomic E-state index is 12.1. The van der Waals surface area contributed by atoms with E-state index in [0.29, 0.717) is 28.3 Å². The number of hydrogen-bond donors (Lipinski definition) is 2. The molecule has 1 aliphatic rings. The second kappa shape index (κ2) is 6.12. The van der Waals surface area contributed by atoms with E-state index in [4.69, 9.17) is 15.9 Å². The second-order valence-corrected chi connectivity index (χ2v) is 4.70. The predicted molar refractivity (Wildman–Crippen MR) is 83.4 cm³/mol. The van der Waals surface area contributed by atoms with Crippen LogP contribution < -0.4 is 20.1 Å². The molecule has 2 N–H and O–H groups in total. The number of hydrogen-bond acceptors (Lipinski definition) is 4. The minimum atomic E-state index is -0.651. The minimum Gasteiger partial charge on any atom is -0.454 e. The number of terminal acetylenes is 1. The fraction of sp³-hybridized carbons (Fsp3) is 0.0588. The summed E-state index contributed by atoms with van der Waals surface area (Å²) in [4.78, 5) is 23.9. The number of rotatable bonds is 2. The van der Waals surface area contributed by atoms with Gasteiger partial charge in [-0.25, -0.2) is 4.79 Å². The Kier molecular flexibility index (Phi) is 3.85. The van der Waals surface area contributed by atoms with Crippen LogP contribution in [-0.4, -0.2) is 18.7 Å². The Morgan fingerprint density at radius 1 is 1.09 bits per heavy atom. The molecule has 1 heterocycles. The van der Waals surface area contributed by atoms with Crippen molar-refractivity contribution in [3.05, 3.63) is 53.6 Å². The number of benzene rings is 2. The van der Waals surface area contributed by atoms with Crippen LogP contribution in [-0.2, 0) is 0 Å². The quantitative estimate of drug-likeness (QED) is 0.835. The summed E-state index contributed by atoms with van der Waals surface area (Å²) >= 11 is 0. The van der Waals surface area contributed by atoms with Crippen molar-refractivity contribution in [2.24, 2.45) is 0 Å². The van der Waals surface area contributed by atoms with E-state index in [2.05, 4.69) is 16.6 Å². The first-order valence-corrected chi connectivity index (χ1v) is 6.74. The van der Waals surface area contributed by atoms with Crippen LogP contribution in [0.1, 0.15) is 15.9 Å². The van der Waals surface area contributed by atoms with Crippen LogP contribution in [0.2, 0.25) is 0 Å². The molecular formula is C17H12N2O4. The van der Waals surface area contributed by atoms with Gasteiger partial charge in [-0.2, -0.15) is 0 Å². The zero-order valence-corrected chi connectivity index (χ0v) is 12.0. The Labute approximate surface area is 132 Å². The molecule has 0 fully saturated rings. The third-order valence-electron chi connectivity index (χ3n) is 3.15. The zero-order valence-electron chi connectivity index (χ0n) is 12.0. The molecule has 0 unspecified atom stereocenters. The molecule has 23 heavy (non-hydrogen) atoms. The van der Waals surface area contributed by atoms with Gasteiger partial charge in [0.1, 0.15) is 0 Å². The van der Waals surface area contributed by atoms with Gasteiger partial charge in [0.15, 0.2) is 11.5 Å². The van der Waals surface area contributed by atoms with Crippen molar-refractivity contribution in [3.63, 3.8) is 0 Å². The number of nitrogens with one attached hydrogen (secondary N) is 2. The molecule has 6 heteroatoms. The Morgan fingerprint density at radius 2 is 1.91 bits per heavy atom. The highest BCUT2D eigenvalue weighted by atomic mass is 16.7. The lowest BCUT2D eigenvalue weighted by Gasteiger charge is -2.07. The van der Waals surface area contributed by atoms with Gasteiger partial charge in [-0.3, -0.25) is 10.1 Å². The van der Waals surface area contributed by atoms with E-state index in [-0.39, 0.29) is 6.79 Å². The highest BCUT2D eigenvalue weighted by molar-refractivity contribution is 6.08. The summed E-state index contributed by atoms with van der Waals surface area (Å²) < 4.78 is 10.4. The molecule has 0 bridgehead atoms. The average Bonchev–Trinajstić information content (AvgIpc) is 3.02. The molecule has 1 aliphatic heterocycles. The van der Waals surface area contributed by atoms with Crippen LogP contribution in [0.3, 0.4) is 0 Å². The van der Waals surface area contributed by atoms with Gasteiger partial charge < -0.3 is 14.8 Å². The lowest BCUT2D eigenvalue weighted by Crippen LogP contribution is -2.34. The van der Waals surface area contributed by atoms with Crippen molar-refractivity contribution in [2.75, 3.05) is 12.1 Å². The summed E-state index contributed by atoms with van der Waals surface area (Å²) in [6.07, 6.45) is 5.30. The molecule has 2 aromatic carbocycles. The summed E-state index contributed by atoms with van der Waals surface area (Å²) in [6.45, 7) is 0.117. The van der Waals surface area contributed by atoms with Gasteiger partial charge >= 0.3 is 6.03 Å². The summed E-state index contributed by atoms with van der Waals surface area (Å²) in [5, 5.41) is 4.78. The molecule has 3 rings (SSSR count). The normalized spacial score (nSPS) is 11.4. The number of anilines is 1. The Hall–Kier alpha value is -3.46. The highest BCUT2D eigenvalue weighted by Gasteiger charge is 2.17. The van der Waals surface area contributed by atoms with Crippen LogP contribution in [0.5, 0.6) is 11.5 Å². The van der Waals surface area contributed by atoms with Gasteiger partial charge in [-0.05, 0) is 36.4 Å². The van der Waals surface area contributed by atoms with E-state index < -0.39 is 11.9 Å². The van der Waals surface area contributed by atoms with Crippen molar-refractivity contribution in [3.8, 4) is 23.8 Å². The van der Waals surface area contributed by atoms with Gasteiger partial charge in [0.2, 0.25) is 6.79 Å². The van der Waals surface area contributed by atoms with Crippen LogP contribution in [0, 0.1) is 12.3 Å². The zero-order chi connectivity index (χ0) is 16.2. The number of carbonyl (C=O) groups excluding carboxylic acids is 2. The van der Waals surface area contributed by atoms with Crippen molar-refractivity contribution < 1.29 is 19.1 Å². The molecule has 0 saturated carbocycles. The second-order valence-electron chi connectivity index (χ2n) is 4.70. The van der Waals surface area contributed by atoms with E-state index >= 15 is 0 Å². The van der Waals surface area contributed by atoms with Gasteiger partial charge in [0, 0.05) is 16.8 Å². The van der Waals surface area contributed by atoms with E-state index in [0.717, 1.165) is 0 Å². The van der Waals surface area contributed by atoms with E-state index in [1.54, 1.807) is 36.4 Å². The summed E-state index contributed by atoms with van der Waals surface area (Å²) in [5.74, 6) is 2.96. The Bertz CT molecular complexity index is 824. The molecular weight excluding hydrogens is 296 g/mol. The predicted octanol–water partition coefficient (Wildman–Crippen LogP) is 2.36. The van der Waals surface area contributed by atoms with Crippen LogP contribution in [0.25, 0.3) is 0 Å². The molecule has 3 amide bonds. The fourth-order valence-electron chi connectivity index (χ4n) is 2.06. The average molecular weight is 308 g/mol. The van der Waals surface area contributed by atoms with Crippen molar-refractivity contribution in [1.82, 2.24) is 5.32 Å². The molecule has 0 aromatic heterocycles. The molecule has 2 aromatic rings. The maximum Gasteiger partial charge on any atom is 0.326 e. The van der Waals surface area contributed by atoms with Gasteiger partial charge in [-0.1, -0.05) is 12.0 Å². The lowest BCUT2D eigenvalue weighted by molar-refractivity contribution is 0.0966.